The maximum Gasteiger partial charge on any atom is 0.333 e. The van der Waals surface area contributed by atoms with Crippen molar-refractivity contribution < 1.29 is 19.1 Å². The van der Waals surface area contributed by atoms with Crippen molar-refractivity contribution in [1.29, 1.82) is 0 Å². The number of carbonyl (C=O) groups is 2. The Balaban J connectivity index is 2.08. The number of rotatable bonds is 4. The van der Waals surface area contributed by atoms with E-state index >= 15 is 0 Å². The molecule has 0 saturated carbocycles. The van der Waals surface area contributed by atoms with Crippen molar-refractivity contribution in [3.05, 3.63) is 12.2 Å². The van der Waals surface area contributed by atoms with E-state index in [4.69, 9.17) is 9.47 Å². The zero-order valence-corrected chi connectivity index (χ0v) is 10.7. The molecule has 0 radical (unpaired) electrons. The van der Waals surface area contributed by atoms with Crippen LogP contribution in [0.2, 0.25) is 0 Å². The largest absolute Gasteiger partial charge is 0.459 e. The van der Waals surface area contributed by atoms with E-state index in [1.165, 1.54) is 0 Å². The smallest absolute Gasteiger partial charge is 0.333 e. The zero-order valence-electron chi connectivity index (χ0n) is 9.92. The monoisotopic (exact) mass is 256 g/mol. The van der Waals surface area contributed by atoms with Crippen LogP contribution >= 0.6 is 11.8 Å². The van der Waals surface area contributed by atoms with Crippen LogP contribution in [0.3, 0.4) is 0 Å². The number of fused-ring (bicyclic) bond motifs is 2. The fourth-order valence-electron chi connectivity index (χ4n) is 2.49. The van der Waals surface area contributed by atoms with Crippen LogP contribution in [0.25, 0.3) is 0 Å². The molecule has 5 heteroatoms. The van der Waals surface area contributed by atoms with Crippen LogP contribution < -0.4 is 0 Å². The van der Waals surface area contributed by atoms with Crippen LogP contribution in [0.4, 0.5) is 0 Å². The maximum atomic E-state index is 11.5. The summed E-state index contributed by atoms with van der Waals surface area (Å²) in [6.45, 7) is 7.74. The Hall–Kier alpha value is -0.970. The molecular formula is C12H16O4S. The Labute approximate surface area is 105 Å². The molecule has 0 aromatic rings. The summed E-state index contributed by atoms with van der Waals surface area (Å²) in [5.41, 5.74) is 0.371. The van der Waals surface area contributed by atoms with Crippen LogP contribution in [-0.4, -0.2) is 35.1 Å². The fraction of sp³-hybridized carbons (Fsp3) is 0.667. The van der Waals surface area contributed by atoms with Gasteiger partial charge in [0.1, 0.15) is 0 Å². The summed E-state index contributed by atoms with van der Waals surface area (Å²) in [6, 6.07) is 0. The summed E-state index contributed by atoms with van der Waals surface area (Å²) in [5.74, 6) is 0.0880. The first-order valence-electron chi connectivity index (χ1n) is 5.65. The standard InChI is InChI=1S/C12H16O4S/c1-6(2)12(14)16-9-8-4-7(3)11(17-8)10(9)15-5-13/h5,7-11H,1,4H2,2-3H3. The molecule has 2 fully saturated rings. The first kappa shape index (κ1) is 12.5. The van der Waals surface area contributed by atoms with Crippen molar-refractivity contribution >= 4 is 24.2 Å². The number of carbonyl (C=O) groups excluding carboxylic acids is 2. The summed E-state index contributed by atoms with van der Waals surface area (Å²) in [4.78, 5) is 22.1. The van der Waals surface area contributed by atoms with Gasteiger partial charge in [0, 0.05) is 16.1 Å². The number of hydrogen-bond donors (Lipinski definition) is 0. The quantitative estimate of drug-likeness (QED) is 0.434. The summed E-state index contributed by atoms with van der Waals surface area (Å²) in [7, 11) is 0. The second-order valence-electron chi connectivity index (χ2n) is 4.70. The normalized spacial score (nSPS) is 38.8. The lowest BCUT2D eigenvalue weighted by Crippen LogP contribution is -2.45. The predicted octanol–water partition coefficient (Wildman–Crippen LogP) is 1.54. The number of esters is 1. The first-order chi connectivity index (χ1) is 8.04. The number of hydrogen-bond acceptors (Lipinski definition) is 5. The van der Waals surface area contributed by atoms with Gasteiger partial charge in [-0.1, -0.05) is 13.5 Å². The molecule has 4 nitrogen and oxygen atoms in total. The van der Waals surface area contributed by atoms with Crippen molar-refractivity contribution in [1.82, 2.24) is 0 Å². The highest BCUT2D eigenvalue weighted by Gasteiger charge is 2.55. The predicted molar refractivity (Wildman–Crippen MR) is 64.6 cm³/mol. The summed E-state index contributed by atoms with van der Waals surface area (Å²) < 4.78 is 10.5. The average Bonchev–Trinajstić information content (AvgIpc) is 2.77. The van der Waals surface area contributed by atoms with Gasteiger partial charge in [0.25, 0.3) is 6.47 Å². The molecule has 0 spiro atoms. The van der Waals surface area contributed by atoms with E-state index in [0.717, 1.165) is 6.42 Å². The van der Waals surface area contributed by atoms with Gasteiger partial charge in [-0.2, -0.15) is 0 Å². The third kappa shape index (κ3) is 2.20. The van der Waals surface area contributed by atoms with Crippen LogP contribution in [0.5, 0.6) is 0 Å². The summed E-state index contributed by atoms with van der Waals surface area (Å²) in [5, 5.41) is 0.483. The molecule has 0 aromatic heterocycles. The highest BCUT2D eigenvalue weighted by Crippen LogP contribution is 2.51. The van der Waals surface area contributed by atoms with Crippen molar-refractivity contribution in [2.24, 2.45) is 5.92 Å². The minimum absolute atomic E-state index is 0.239. The molecular weight excluding hydrogens is 240 g/mol. The molecule has 2 aliphatic heterocycles. The van der Waals surface area contributed by atoms with E-state index in [1.807, 2.05) is 0 Å². The van der Waals surface area contributed by atoms with Crippen molar-refractivity contribution in [3.8, 4) is 0 Å². The van der Waals surface area contributed by atoms with Gasteiger partial charge in [0.05, 0.1) is 0 Å². The molecule has 5 unspecified atom stereocenters. The molecule has 0 aliphatic carbocycles. The first-order valence-corrected chi connectivity index (χ1v) is 6.60. The summed E-state index contributed by atoms with van der Waals surface area (Å²) >= 11 is 1.76. The second kappa shape index (κ2) is 4.72. The van der Waals surface area contributed by atoms with Gasteiger partial charge in [0.15, 0.2) is 12.2 Å². The van der Waals surface area contributed by atoms with Gasteiger partial charge in [-0.05, 0) is 19.3 Å². The van der Waals surface area contributed by atoms with E-state index in [9.17, 15) is 9.59 Å². The Bertz CT molecular complexity index is 354. The minimum Gasteiger partial charge on any atom is -0.459 e. The van der Waals surface area contributed by atoms with E-state index in [2.05, 4.69) is 13.5 Å². The minimum atomic E-state index is -0.407. The highest BCUT2D eigenvalue weighted by molar-refractivity contribution is 8.01. The van der Waals surface area contributed by atoms with Crippen molar-refractivity contribution in [2.75, 3.05) is 0 Å². The Kier molecular flexibility index (Phi) is 3.47. The van der Waals surface area contributed by atoms with E-state index in [0.29, 0.717) is 18.0 Å². The van der Waals surface area contributed by atoms with Gasteiger partial charge in [-0.3, -0.25) is 4.79 Å². The van der Waals surface area contributed by atoms with Gasteiger partial charge < -0.3 is 9.47 Å². The molecule has 5 atom stereocenters. The molecule has 17 heavy (non-hydrogen) atoms. The van der Waals surface area contributed by atoms with Crippen molar-refractivity contribution in [2.45, 2.75) is 43.0 Å². The highest BCUT2D eigenvalue weighted by atomic mass is 32.2. The fourth-order valence-corrected chi connectivity index (χ4v) is 4.43. The van der Waals surface area contributed by atoms with E-state index in [1.54, 1.807) is 18.7 Å². The second-order valence-corrected chi connectivity index (χ2v) is 6.12. The number of thioether (sulfide) groups is 1. The summed E-state index contributed by atoms with van der Waals surface area (Å²) in [6.07, 6.45) is 0.368. The Morgan fingerprint density at radius 3 is 2.76 bits per heavy atom. The van der Waals surface area contributed by atoms with Crippen LogP contribution in [-0.2, 0) is 19.1 Å². The maximum absolute atomic E-state index is 11.5. The third-order valence-electron chi connectivity index (χ3n) is 3.32. The van der Waals surface area contributed by atoms with Crippen molar-refractivity contribution in [3.63, 3.8) is 0 Å². The molecule has 2 rings (SSSR count). The number of ether oxygens (including phenoxy) is 2. The topological polar surface area (TPSA) is 52.6 Å². The van der Waals surface area contributed by atoms with E-state index < -0.39 is 5.97 Å². The molecule has 2 saturated heterocycles. The lowest BCUT2D eigenvalue weighted by molar-refractivity contribution is -0.159. The molecule has 0 N–H and O–H groups in total. The Morgan fingerprint density at radius 1 is 1.47 bits per heavy atom. The van der Waals surface area contributed by atoms with Crippen LogP contribution in [0.1, 0.15) is 20.3 Å². The van der Waals surface area contributed by atoms with Gasteiger partial charge in [-0.15, -0.1) is 11.8 Å². The SMILES string of the molecule is C=C(C)C(=O)OC1C2CC(C)C(S2)C1OC=O. The van der Waals surface area contributed by atoms with Gasteiger partial charge in [0.2, 0.25) is 0 Å². The molecule has 2 heterocycles. The molecule has 2 aliphatic rings. The molecule has 0 aromatic carbocycles. The third-order valence-corrected chi connectivity index (χ3v) is 5.17. The Morgan fingerprint density at radius 2 is 2.18 bits per heavy atom. The lowest BCUT2D eigenvalue weighted by Gasteiger charge is -2.31. The molecule has 0 amide bonds. The van der Waals surface area contributed by atoms with Gasteiger partial charge >= 0.3 is 5.97 Å². The zero-order chi connectivity index (χ0) is 12.6. The van der Waals surface area contributed by atoms with E-state index in [-0.39, 0.29) is 22.7 Å². The molecule has 94 valence electrons. The van der Waals surface area contributed by atoms with Crippen LogP contribution in [0.15, 0.2) is 12.2 Å². The van der Waals surface area contributed by atoms with Gasteiger partial charge in [-0.25, -0.2) is 4.79 Å². The average molecular weight is 256 g/mol. The molecule has 2 bridgehead atoms. The lowest BCUT2D eigenvalue weighted by atomic mass is 9.86. The van der Waals surface area contributed by atoms with Crippen LogP contribution in [0, 0.1) is 5.92 Å².